The van der Waals surface area contributed by atoms with Crippen LogP contribution in [0, 0.1) is 6.92 Å². The van der Waals surface area contributed by atoms with Crippen LogP contribution >= 0.6 is 0 Å². The van der Waals surface area contributed by atoms with Crippen molar-refractivity contribution >= 4 is 15.9 Å². The molecule has 128 valence electrons. The molecule has 0 unspecified atom stereocenters. The Morgan fingerprint density at radius 1 is 1.17 bits per heavy atom. The summed E-state index contributed by atoms with van der Waals surface area (Å²) in [5.74, 6) is -0.0926. The summed E-state index contributed by atoms with van der Waals surface area (Å²) in [5, 5.41) is 0. The molecule has 1 fully saturated rings. The molecule has 1 aromatic carbocycles. The molecule has 0 atom stereocenters. The van der Waals surface area contributed by atoms with E-state index in [-0.39, 0.29) is 19.0 Å². The van der Waals surface area contributed by atoms with Crippen molar-refractivity contribution in [3.63, 3.8) is 0 Å². The first-order valence-corrected chi connectivity index (χ1v) is 9.99. The molecule has 0 aliphatic carbocycles. The first kappa shape index (κ1) is 17.9. The highest BCUT2D eigenvalue weighted by Crippen LogP contribution is 2.13. The highest BCUT2D eigenvalue weighted by Gasteiger charge is 2.24. The van der Waals surface area contributed by atoms with Gasteiger partial charge in [0, 0.05) is 19.6 Å². The third kappa shape index (κ3) is 5.62. The van der Waals surface area contributed by atoms with Crippen LogP contribution in [0.2, 0.25) is 0 Å². The second kappa shape index (κ2) is 7.93. The van der Waals surface area contributed by atoms with E-state index in [1.54, 1.807) is 4.90 Å². The Hall–Kier alpha value is -1.40. The van der Waals surface area contributed by atoms with Crippen molar-refractivity contribution in [1.29, 1.82) is 0 Å². The van der Waals surface area contributed by atoms with Gasteiger partial charge in [-0.1, -0.05) is 42.7 Å². The van der Waals surface area contributed by atoms with Crippen LogP contribution in [-0.4, -0.2) is 49.4 Å². The van der Waals surface area contributed by atoms with Crippen molar-refractivity contribution in [2.45, 2.75) is 39.2 Å². The number of benzene rings is 1. The summed E-state index contributed by atoms with van der Waals surface area (Å²) < 4.78 is 25.4. The van der Waals surface area contributed by atoms with Crippen molar-refractivity contribution in [2.75, 3.05) is 25.9 Å². The molecule has 6 heteroatoms. The second-order valence-electron chi connectivity index (χ2n) is 6.32. The number of amides is 1. The fourth-order valence-electron chi connectivity index (χ4n) is 2.88. The zero-order chi connectivity index (χ0) is 16.9. The van der Waals surface area contributed by atoms with Crippen molar-refractivity contribution in [2.24, 2.45) is 0 Å². The van der Waals surface area contributed by atoms with E-state index in [0.717, 1.165) is 49.9 Å². The smallest absolute Gasteiger partial charge is 0.237 e. The Kier molecular flexibility index (Phi) is 6.18. The predicted octanol–water partition coefficient (Wildman–Crippen LogP) is 2.16. The number of nitrogens with zero attached hydrogens (tertiary/aromatic N) is 2. The molecule has 0 aromatic heterocycles. The highest BCUT2D eigenvalue weighted by atomic mass is 32.2. The molecule has 23 heavy (non-hydrogen) atoms. The van der Waals surface area contributed by atoms with Crippen LogP contribution in [0.5, 0.6) is 0 Å². The molecular weight excluding hydrogens is 312 g/mol. The average Bonchev–Trinajstić information content (AvgIpc) is 2.74. The number of hydrogen-bond acceptors (Lipinski definition) is 3. The predicted molar refractivity (Wildman–Crippen MR) is 91.5 cm³/mol. The molecule has 0 spiro atoms. The summed E-state index contributed by atoms with van der Waals surface area (Å²) in [5.41, 5.74) is 1.98. The summed E-state index contributed by atoms with van der Waals surface area (Å²) >= 11 is 0. The second-order valence-corrected chi connectivity index (χ2v) is 8.30. The van der Waals surface area contributed by atoms with E-state index in [0.29, 0.717) is 0 Å². The molecule has 1 amide bonds. The van der Waals surface area contributed by atoms with Crippen molar-refractivity contribution in [3.05, 3.63) is 35.4 Å². The van der Waals surface area contributed by atoms with Crippen LogP contribution < -0.4 is 0 Å². The Balaban J connectivity index is 2.08. The van der Waals surface area contributed by atoms with Gasteiger partial charge in [-0.2, -0.15) is 4.31 Å². The van der Waals surface area contributed by atoms with Gasteiger partial charge in [0.1, 0.15) is 0 Å². The Labute approximate surface area is 139 Å². The molecule has 1 saturated heterocycles. The quantitative estimate of drug-likeness (QED) is 0.827. The number of hydrogen-bond donors (Lipinski definition) is 0. The van der Waals surface area contributed by atoms with Crippen LogP contribution in [-0.2, 0) is 21.4 Å². The van der Waals surface area contributed by atoms with E-state index in [4.69, 9.17) is 0 Å². The van der Waals surface area contributed by atoms with E-state index in [2.05, 4.69) is 0 Å². The summed E-state index contributed by atoms with van der Waals surface area (Å²) in [4.78, 5) is 14.3. The summed E-state index contributed by atoms with van der Waals surface area (Å²) in [6.45, 7) is 3.60. The highest BCUT2D eigenvalue weighted by molar-refractivity contribution is 7.88. The normalized spacial score (nSPS) is 16.4. The maximum absolute atomic E-state index is 12.5. The molecule has 0 radical (unpaired) electrons. The topological polar surface area (TPSA) is 57.7 Å². The standard InChI is InChI=1S/C17H26N2O3S/c1-15-8-7-9-16(12-15)13-19(23(2,21)22)14-17(20)18-10-5-3-4-6-11-18/h7-9,12H,3-6,10-11,13-14H2,1-2H3. The molecule has 5 nitrogen and oxygen atoms in total. The third-order valence-electron chi connectivity index (χ3n) is 4.18. The van der Waals surface area contributed by atoms with Crippen molar-refractivity contribution < 1.29 is 13.2 Å². The number of carbonyl (C=O) groups is 1. The van der Waals surface area contributed by atoms with Gasteiger partial charge in [0.25, 0.3) is 0 Å². The number of likely N-dealkylation sites (tertiary alicyclic amines) is 1. The van der Waals surface area contributed by atoms with Crippen molar-refractivity contribution in [1.82, 2.24) is 9.21 Å². The minimum atomic E-state index is -3.43. The zero-order valence-corrected chi connectivity index (χ0v) is 14.8. The van der Waals surface area contributed by atoms with E-state index in [1.807, 2.05) is 31.2 Å². The lowest BCUT2D eigenvalue weighted by Crippen LogP contribution is -2.42. The lowest BCUT2D eigenvalue weighted by molar-refractivity contribution is -0.131. The third-order valence-corrected chi connectivity index (χ3v) is 5.38. The van der Waals surface area contributed by atoms with Gasteiger partial charge >= 0.3 is 0 Å². The Morgan fingerprint density at radius 3 is 2.39 bits per heavy atom. The van der Waals surface area contributed by atoms with Crippen LogP contribution in [0.25, 0.3) is 0 Å². The van der Waals surface area contributed by atoms with Gasteiger partial charge in [0.2, 0.25) is 15.9 Å². The minimum Gasteiger partial charge on any atom is -0.342 e. The molecule has 0 saturated carbocycles. The lowest BCUT2D eigenvalue weighted by Gasteiger charge is -2.25. The first-order valence-electron chi connectivity index (χ1n) is 8.15. The molecule has 2 rings (SSSR count). The molecule has 1 aromatic rings. The average molecular weight is 338 g/mol. The van der Waals surface area contributed by atoms with Crippen LogP contribution in [0.3, 0.4) is 0 Å². The van der Waals surface area contributed by atoms with E-state index < -0.39 is 10.0 Å². The van der Waals surface area contributed by atoms with Gasteiger partial charge < -0.3 is 4.90 Å². The summed E-state index contributed by atoms with van der Waals surface area (Å²) in [7, 11) is -3.43. The largest absolute Gasteiger partial charge is 0.342 e. The van der Waals surface area contributed by atoms with Gasteiger partial charge in [0.05, 0.1) is 12.8 Å². The number of rotatable bonds is 5. The SMILES string of the molecule is Cc1cccc(CN(CC(=O)N2CCCCCC2)S(C)(=O)=O)c1. The molecule has 1 heterocycles. The fourth-order valence-corrected chi connectivity index (χ4v) is 3.60. The number of sulfonamides is 1. The molecule has 1 aliphatic rings. The fraction of sp³-hybridized carbons (Fsp3) is 0.588. The molecule has 0 bridgehead atoms. The monoisotopic (exact) mass is 338 g/mol. The minimum absolute atomic E-state index is 0.0766. The van der Waals surface area contributed by atoms with Gasteiger partial charge in [-0.25, -0.2) is 8.42 Å². The maximum Gasteiger partial charge on any atom is 0.237 e. The number of carbonyl (C=O) groups excluding carboxylic acids is 1. The van der Waals surface area contributed by atoms with Crippen LogP contribution in [0.4, 0.5) is 0 Å². The summed E-state index contributed by atoms with van der Waals surface area (Å²) in [6.07, 6.45) is 5.45. The molecule has 0 N–H and O–H groups in total. The van der Waals surface area contributed by atoms with E-state index >= 15 is 0 Å². The zero-order valence-electron chi connectivity index (χ0n) is 14.0. The summed E-state index contributed by atoms with van der Waals surface area (Å²) in [6, 6.07) is 7.72. The van der Waals surface area contributed by atoms with E-state index in [1.165, 1.54) is 10.6 Å². The lowest BCUT2D eigenvalue weighted by atomic mass is 10.1. The van der Waals surface area contributed by atoms with Crippen molar-refractivity contribution in [3.8, 4) is 0 Å². The van der Waals surface area contributed by atoms with Gasteiger partial charge in [-0.05, 0) is 25.3 Å². The van der Waals surface area contributed by atoms with Gasteiger partial charge in [-0.3, -0.25) is 4.79 Å². The van der Waals surface area contributed by atoms with Gasteiger partial charge in [0.15, 0.2) is 0 Å². The van der Waals surface area contributed by atoms with Crippen LogP contribution in [0.15, 0.2) is 24.3 Å². The van der Waals surface area contributed by atoms with Gasteiger partial charge in [-0.15, -0.1) is 0 Å². The molecule has 1 aliphatic heterocycles. The first-order chi connectivity index (χ1) is 10.9. The van der Waals surface area contributed by atoms with E-state index in [9.17, 15) is 13.2 Å². The Bertz CT molecular complexity index is 635. The van der Waals surface area contributed by atoms with Crippen LogP contribution in [0.1, 0.15) is 36.8 Å². The Morgan fingerprint density at radius 2 is 1.83 bits per heavy atom. The number of aryl methyl sites for hydroxylation is 1. The molecular formula is C17H26N2O3S. The maximum atomic E-state index is 12.5.